The maximum absolute atomic E-state index is 12.1. The molecule has 0 aliphatic rings. The predicted octanol–water partition coefficient (Wildman–Crippen LogP) is 4.61. The van der Waals surface area contributed by atoms with Gasteiger partial charge in [0.1, 0.15) is 11.3 Å². The summed E-state index contributed by atoms with van der Waals surface area (Å²) in [6.07, 6.45) is 0. The number of halogens is 1. The van der Waals surface area contributed by atoms with Crippen LogP contribution < -0.4 is 4.74 Å². The molecule has 100 valence electrons. The second-order valence-corrected chi connectivity index (χ2v) is 4.88. The van der Waals surface area contributed by atoms with E-state index in [1.807, 2.05) is 31.2 Å². The maximum Gasteiger partial charge on any atom is 0.379 e. The molecule has 0 saturated heterocycles. The van der Waals surface area contributed by atoms with E-state index >= 15 is 0 Å². The van der Waals surface area contributed by atoms with E-state index in [2.05, 4.69) is 0 Å². The van der Waals surface area contributed by atoms with Gasteiger partial charge in [0, 0.05) is 5.39 Å². The van der Waals surface area contributed by atoms with E-state index in [0.717, 1.165) is 10.9 Å². The Hall–Kier alpha value is -2.26. The fourth-order valence-electron chi connectivity index (χ4n) is 1.92. The van der Waals surface area contributed by atoms with Gasteiger partial charge in [-0.1, -0.05) is 35.9 Å². The molecule has 3 rings (SSSR count). The first-order chi connectivity index (χ1) is 9.63. The number of para-hydroxylation sites is 1. The molecule has 4 heteroatoms. The van der Waals surface area contributed by atoms with Gasteiger partial charge in [-0.05, 0) is 36.8 Å². The maximum atomic E-state index is 12.1. The van der Waals surface area contributed by atoms with Crippen molar-refractivity contribution in [1.82, 2.24) is 0 Å². The first-order valence-electron chi connectivity index (χ1n) is 6.10. The molecule has 0 fully saturated rings. The molecule has 0 saturated carbocycles. The second kappa shape index (κ2) is 5.02. The van der Waals surface area contributed by atoms with E-state index in [9.17, 15) is 4.79 Å². The molecule has 0 aliphatic carbocycles. The van der Waals surface area contributed by atoms with Gasteiger partial charge >= 0.3 is 5.97 Å². The zero-order chi connectivity index (χ0) is 14.1. The number of hydrogen-bond acceptors (Lipinski definition) is 3. The first-order valence-corrected chi connectivity index (χ1v) is 6.48. The molecule has 0 atom stereocenters. The summed E-state index contributed by atoms with van der Waals surface area (Å²) in [5.41, 5.74) is 1.61. The Kier molecular flexibility index (Phi) is 3.20. The van der Waals surface area contributed by atoms with Crippen molar-refractivity contribution in [1.29, 1.82) is 0 Å². The molecule has 1 heterocycles. The van der Waals surface area contributed by atoms with Gasteiger partial charge in [-0.2, -0.15) is 0 Å². The van der Waals surface area contributed by atoms with Crippen LogP contribution in [0.15, 0.2) is 52.9 Å². The van der Waals surface area contributed by atoms with Gasteiger partial charge in [0.2, 0.25) is 5.76 Å². The number of carbonyl (C=O) groups excluding carboxylic acids is 1. The van der Waals surface area contributed by atoms with Crippen LogP contribution in [0.4, 0.5) is 0 Å². The lowest BCUT2D eigenvalue weighted by Gasteiger charge is -2.05. The summed E-state index contributed by atoms with van der Waals surface area (Å²) in [7, 11) is 0. The topological polar surface area (TPSA) is 39.4 Å². The van der Waals surface area contributed by atoms with Crippen LogP contribution in [0.1, 0.15) is 16.1 Å². The quantitative estimate of drug-likeness (QED) is 0.510. The zero-order valence-corrected chi connectivity index (χ0v) is 11.5. The van der Waals surface area contributed by atoms with Crippen LogP contribution in [0.5, 0.6) is 5.75 Å². The summed E-state index contributed by atoms with van der Waals surface area (Å²) in [5, 5.41) is 1.25. The zero-order valence-electron chi connectivity index (χ0n) is 10.7. The molecule has 0 unspecified atom stereocenters. The van der Waals surface area contributed by atoms with Gasteiger partial charge in [0.05, 0.1) is 5.02 Å². The average molecular weight is 287 g/mol. The summed E-state index contributed by atoms with van der Waals surface area (Å²) < 4.78 is 10.7. The highest BCUT2D eigenvalue weighted by Gasteiger charge is 2.16. The smallest absolute Gasteiger partial charge is 0.379 e. The predicted molar refractivity (Wildman–Crippen MR) is 77.4 cm³/mol. The molecule has 3 aromatic rings. The molecule has 0 amide bonds. The summed E-state index contributed by atoms with van der Waals surface area (Å²) in [6, 6.07) is 14.3. The van der Waals surface area contributed by atoms with E-state index < -0.39 is 5.97 Å². The Morgan fingerprint density at radius 1 is 1.15 bits per heavy atom. The molecule has 2 aromatic carbocycles. The lowest BCUT2D eigenvalue weighted by atomic mass is 10.2. The molecule has 1 aromatic heterocycles. The van der Waals surface area contributed by atoms with Gasteiger partial charge in [0.25, 0.3) is 0 Å². The molecule has 0 spiro atoms. The largest absolute Gasteiger partial charge is 0.449 e. The second-order valence-electron chi connectivity index (χ2n) is 4.47. The number of furan rings is 1. The van der Waals surface area contributed by atoms with Gasteiger partial charge in [-0.25, -0.2) is 4.79 Å². The Bertz CT molecular complexity index is 756. The Morgan fingerprint density at radius 2 is 1.95 bits per heavy atom. The number of fused-ring (bicyclic) bond motifs is 1. The minimum atomic E-state index is -0.561. The van der Waals surface area contributed by atoms with Crippen molar-refractivity contribution in [2.75, 3.05) is 0 Å². The van der Waals surface area contributed by atoms with Crippen molar-refractivity contribution < 1.29 is 13.9 Å². The van der Waals surface area contributed by atoms with Crippen molar-refractivity contribution in [2.45, 2.75) is 6.92 Å². The number of esters is 1. The SMILES string of the molecule is Cc1ccc(Cl)c(OC(=O)c2cc3ccccc3o2)c1. The highest BCUT2D eigenvalue weighted by molar-refractivity contribution is 6.32. The molecular formula is C16H11ClO3. The third-order valence-electron chi connectivity index (χ3n) is 2.92. The Balaban J connectivity index is 1.90. The van der Waals surface area contributed by atoms with Crippen molar-refractivity contribution in [3.63, 3.8) is 0 Å². The number of hydrogen-bond donors (Lipinski definition) is 0. The van der Waals surface area contributed by atoms with Gasteiger partial charge in [-0.3, -0.25) is 0 Å². The third-order valence-corrected chi connectivity index (χ3v) is 3.23. The number of rotatable bonds is 2. The molecule has 0 aliphatic heterocycles. The van der Waals surface area contributed by atoms with Crippen LogP contribution in [-0.4, -0.2) is 5.97 Å². The molecular weight excluding hydrogens is 276 g/mol. The molecule has 20 heavy (non-hydrogen) atoms. The highest BCUT2D eigenvalue weighted by atomic mass is 35.5. The summed E-state index contributed by atoms with van der Waals surface area (Å²) in [6.45, 7) is 1.90. The van der Waals surface area contributed by atoms with Crippen LogP contribution in [0.25, 0.3) is 11.0 Å². The fourth-order valence-corrected chi connectivity index (χ4v) is 2.08. The number of aryl methyl sites for hydroxylation is 1. The fraction of sp³-hybridized carbons (Fsp3) is 0.0625. The minimum Gasteiger partial charge on any atom is -0.449 e. The van der Waals surface area contributed by atoms with E-state index in [1.54, 1.807) is 24.3 Å². The van der Waals surface area contributed by atoms with E-state index in [0.29, 0.717) is 16.4 Å². The van der Waals surface area contributed by atoms with Crippen molar-refractivity contribution in [3.05, 3.63) is 64.9 Å². The normalized spacial score (nSPS) is 10.7. The van der Waals surface area contributed by atoms with Crippen molar-refractivity contribution in [2.24, 2.45) is 0 Å². The Morgan fingerprint density at radius 3 is 2.75 bits per heavy atom. The van der Waals surface area contributed by atoms with Gasteiger partial charge in [-0.15, -0.1) is 0 Å². The minimum absolute atomic E-state index is 0.156. The summed E-state index contributed by atoms with van der Waals surface area (Å²) >= 11 is 6.00. The lowest BCUT2D eigenvalue weighted by Crippen LogP contribution is -2.07. The van der Waals surface area contributed by atoms with E-state index in [4.69, 9.17) is 20.8 Å². The molecule has 3 nitrogen and oxygen atoms in total. The Labute approximate surface area is 120 Å². The van der Waals surface area contributed by atoms with Crippen LogP contribution in [0.3, 0.4) is 0 Å². The van der Waals surface area contributed by atoms with Crippen LogP contribution >= 0.6 is 11.6 Å². The van der Waals surface area contributed by atoms with Crippen LogP contribution in [0, 0.1) is 6.92 Å². The highest BCUT2D eigenvalue weighted by Crippen LogP contribution is 2.27. The van der Waals surface area contributed by atoms with Gasteiger partial charge in [0.15, 0.2) is 0 Å². The summed E-state index contributed by atoms with van der Waals surface area (Å²) in [4.78, 5) is 12.1. The molecule has 0 N–H and O–H groups in total. The molecule has 0 bridgehead atoms. The van der Waals surface area contributed by atoms with E-state index in [1.165, 1.54) is 0 Å². The van der Waals surface area contributed by atoms with Crippen molar-refractivity contribution in [3.8, 4) is 5.75 Å². The number of benzene rings is 2. The van der Waals surface area contributed by atoms with Crippen LogP contribution in [0.2, 0.25) is 5.02 Å². The van der Waals surface area contributed by atoms with E-state index in [-0.39, 0.29) is 5.76 Å². The molecule has 0 radical (unpaired) electrons. The monoisotopic (exact) mass is 286 g/mol. The van der Waals surface area contributed by atoms with Crippen LogP contribution in [-0.2, 0) is 0 Å². The lowest BCUT2D eigenvalue weighted by molar-refractivity contribution is 0.0704. The standard InChI is InChI=1S/C16H11ClO3/c1-10-6-7-12(17)14(8-10)20-16(18)15-9-11-4-2-3-5-13(11)19-15/h2-9H,1H3. The summed E-state index contributed by atoms with van der Waals surface area (Å²) in [5.74, 6) is -0.0744. The van der Waals surface area contributed by atoms with Gasteiger partial charge < -0.3 is 9.15 Å². The first kappa shape index (κ1) is 12.8. The van der Waals surface area contributed by atoms with Crippen molar-refractivity contribution >= 4 is 28.5 Å². The average Bonchev–Trinajstić information content (AvgIpc) is 2.87. The third kappa shape index (κ3) is 2.40. The number of carbonyl (C=O) groups is 1. The number of ether oxygens (including phenoxy) is 1.